The first-order valence-corrected chi connectivity index (χ1v) is 18.1. The first kappa shape index (κ1) is 30.7. The monoisotopic (exact) mass is 693 g/mol. The fourth-order valence-electron chi connectivity index (χ4n) is 8.93. The quantitative estimate of drug-likeness (QED) is 0.223. The van der Waals surface area contributed by atoms with Gasteiger partial charge < -0.3 is 15.4 Å². The summed E-state index contributed by atoms with van der Waals surface area (Å²) in [5.41, 5.74) is 6.03. The maximum absolute atomic E-state index is 17.1. The molecule has 0 unspecified atom stereocenters. The summed E-state index contributed by atoms with van der Waals surface area (Å²) >= 11 is 7.86. The third-order valence-corrected chi connectivity index (χ3v) is 12.7. The van der Waals surface area contributed by atoms with Crippen molar-refractivity contribution in [2.75, 3.05) is 50.0 Å². The molecule has 2 N–H and O–H groups in total. The molecule has 2 bridgehead atoms. The summed E-state index contributed by atoms with van der Waals surface area (Å²) in [6.07, 6.45) is 6.07. The van der Waals surface area contributed by atoms with E-state index in [0.717, 1.165) is 69.1 Å². The van der Waals surface area contributed by atoms with Crippen molar-refractivity contribution in [3.63, 3.8) is 0 Å². The molecular weight excluding hydrogens is 659 g/mol. The van der Waals surface area contributed by atoms with E-state index in [9.17, 15) is 14.0 Å². The number of halogens is 4. The van der Waals surface area contributed by atoms with Gasteiger partial charge in [0.1, 0.15) is 41.0 Å². The molecule has 5 aliphatic rings. The van der Waals surface area contributed by atoms with Crippen LogP contribution in [-0.4, -0.2) is 82.9 Å². The van der Waals surface area contributed by atoms with E-state index in [-0.39, 0.29) is 54.9 Å². The van der Waals surface area contributed by atoms with E-state index in [0.29, 0.717) is 36.3 Å². The van der Waals surface area contributed by atoms with E-state index < -0.39 is 23.3 Å². The van der Waals surface area contributed by atoms with Crippen LogP contribution in [0.2, 0.25) is 5.02 Å². The smallest absolute Gasteiger partial charge is 0.319 e. The van der Waals surface area contributed by atoms with E-state index >= 15 is 4.39 Å². The third kappa shape index (κ3) is 4.83. The Morgan fingerprint density at radius 1 is 1.12 bits per heavy atom. The van der Waals surface area contributed by atoms with Crippen LogP contribution < -0.4 is 15.4 Å². The molecule has 250 valence electrons. The number of nitrogen functional groups attached to an aromatic ring is 1. The molecule has 2 aromatic carbocycles. The van der Waals surface area contributed by atoms with Crippen molar-refractivity contribution in [3.05, 3.63) is 40.4 Å². The zero-order valence-corrected chi connectivity index (χ0v) is 27.9. The molecule has 2 aromatic heterocycles. The number of anilines is 2. The molecule has 0 amide bonds. The summed E-state index contributed by atoms with van der Waals surface area (Å²) in [6, 6.07) is 7.18. The molecule has 0 spiro atoms. The fourth-order valence-corrected chi connectivity index (χ4v) is 10.2. The molecule has 13 heteroatoms. The number of alkyl halides is 1. The SMILES string of the molecule is N#Cc1c(N)sc2c(F)ccc(-c3c(Cl)cc4c(N5C[C@H]6CC[C@@H](C5)N6CC5CC5)nc(OC[C@@]56CCCN5C[C@H](F)C6)nc4c3F)c12. The number of nitrogens with two attached hydrogens (primary N) is 1. The Hall–Kier alpha value is -3.37. The van der Waals surface area contributed by atoms with Gasteiger partial charge in [0, 0.05) is 61.0 Å². The number of thiophene rings is 1. The lowest BCUT2D eigenvalue weighted by Gasteiger charge is -2.42. The molecule has 48 heavy (non-hydrogen) atoms. The molecule has 1 saturated carbocycles. The number of nitrogens with zero attached hydrogens (tertiary/aromatic N) is 6. The zero-order valence-electron chi connectivity index (χ0n) is 26.3. The second kappa shape index (κ2) is 11.3. The molecule has 5 fully saturated rings. The van der Waals surface area contributed by atoms with Gasteiger partial charge in [0.15, 0.2) is 5.82 Å². The summed E-state index contributed by atoms with van der Waals surface area (Å²) in [5.74, 6) is 0.0802. The minimum absolute atomic E-state index is 0.00464. The topological polar surface area (TPSA) is 94.5 Å². The van der Waals surface area contributed by atoms with Crippen LogP contribution in [0.25, 0.3) is 32.1 Å². The third-order valence-electron chi connectivity index (χ3n) is 11.4. The van der Waals surface area contributed by atoms with E-state index in [1.807, 2.05) is 0 Å². The Labute approximate surface area is 285 Å². The van der Waals surface area contributed by atoms with Crippen molar-refractivity contribution in [3.8, 4) is 23.2 Å². The molecule has 4 saturated heterocycles. The van der Waals surface area contributed by atoms with Crippen LogP contribution in [0.4, 0.5) is 24.0 Å². The molecular formula is C35H35ClF3N7OS. The summed E-state index contributed by atoms with van der Waals surface area (Å²) < 4.78 is 53.0. The van der Waals surface area contributed by atoms with E-state index in [1.54, 1.807) is 6.07 Å². The molecule has 4 aromatic rings. The van der Waals surface area contributed by atoms with Gasteiger partial charge in [-0.2, -0.15) is 15.2 Å². The number of fused-ring (bicyclic) bond motifs is 5. The minimum atomic E-state index is -0.913. The Bertz CT molecular complexity index is 2000. The van der Waals surface area contributed by atoms with E-state index in [2.05, 4.69) is 25.8 Å². The molecule has 6 heterocycles. The molecule has 0 radical (unpaired) electrons. The fraction of sp³-hybridized carbons (Fsp3) is 0.514. The largest absolute Gasteiger partial charge is 0.461 e. The lowest BCUT2D eigenvalue weighted by Crippen LogP contribution is -2.54. The zero-order chi connectivity index (χ0) is 32.9. The first-order chi connectivity index (χ1) is 23.2. The maximum Gasteiger partial charge on any atom is 0.319 e. The van der Waals surface area contributed by atoms with Gasteiger partial charge in [-0.1, -0.05) is 17.7 Å². The minimum Gasteiger partial charge on any atom is -0.461 e. The van der Waals surface area contributed by atoms with Crippen molar-refractivity contribution < 1.29 is 17.9 Å². The van der Waals surface area contributed by atoms with E-state index in [1.165, 1.54) is 25.0 Å². The number of hydrogen-bond acceptors (Lipinski definition) is 9. The van der Waals surface area contributed by atoms with Crippen molar-refractivity contribution in [1.82, 2.24) is 19.8 Å². The maximum atomic E-state index is 17.1. The Balaban J connectivity index is 1.17. The highest BCUT2D eigenvalue weighted by Gasteiger charge is 2.49. The van der Waals surface area contributed by atoms with Crippen LogP contribution in [0.3, 0.4) is 0 Å². The lowest BCUT2D eigenvalue weighted by atomic mass is 9.95. The molecule has 4 aliphatic heterocycles. The Morgan fingerprint density at radius 2 is 1.92 bits per heavy atom. The average Bonchev–Trinajstić information content (AvgIpc) is 3.49. The average molecular weight is 694 g/mol. The van der Waals surface area contributed by atoms with Gasteiger partial charge >= 0.3 is 6.01 Å². The highest BCUT2D eigenvalue weighted by atomic mass is 35.5. The van der Waals surface area contributed by atoms with Gasteiger partial charge in [-0.05, 0) is 68.7 Å². The summed E-state index contributed by atoms with van der Waals surface area (Å²) in [5, 5.41) is 10.8. The standard InChI is InChI=1S/C35H35ClF3N7OS/c36-25-10-23-30(29(39)28(25)22-6-7-26(38)31-27(22)24(12-40)32(41)48-31)42-34(47-17-35-8-1-9-45(35)14-19(37)11-35)43-33(23)44-15-20-4-5-21(16-44)46(20)13-18-2-3-18/h6-7,10,18-21H,1-5,8-9,11,13-17,41H2/t19-,20-,21+,35+/m1/s1. The van der Waals surface area contributed by atoms with Crippen LogP contribution in [0.1, 0.15) is 50.5 Å². The number of piperazine rings is 1. The van der Waals surface area contributed by atoms with Gasteiger partial charge in [0.2, 0.25) is 0 Å². The Morgan fingerprint density at radius 3 is 2.67 bits per heavy atom. The van der Waals surface area contributed by atoms with Crippen LogP contribution in [0.5, 0.6) is 6.01 Å². The van der Waals surface area contributed by atoms with Crippen LogP contribution in [-0.2, 0) is 0 Å². The first-order valence-electron chi connectivity index (χ1n) is 16.9. The molecule has 9 rings (SSSR count). The van der Waals surface area contributed by atoms with Crippen LogP contribution >= 0.6 is 22.9 Å². The molecule has 1 aliphatic carbocycles. The number of hydrogen-bond donors (Lipinski definition) is 1. The summed E-state index contributed by atoms with van der Waals surface area (Å²) in [7, 11) is 0. The second-order valence-electron chi connectivity index (χ2n) is 14.3. The number of rotatable bonds is 7. The van der Waals surface area contributed by atoms with Gasteiger partial charge in [-0.25, -0.2) is 13.2 Å². The predicted octanol–water partition coefficient (Wildman–Crippen LogP) is 6.92. The van der Waals surface area contributed by atoms with Crippen molar-refractivity contribution in [2.45, 2.75) is 68.7 Å². The second-order valence-corrected chi connectivity index (χ2v) is 15.8. The van der Waals surface area contributed by atoms with Gasteiger partial charge in [0.25, 0.3) is 0 Å². The van der Waals surface area contributed by atoms with Crippen molar-refractivity contribution >= 4 is 54.7 Å². The number of benzene rings is 2. The highest BCUT2D eigenvalue weighted by Crippen LogP contribution is 2.47. The number of nitriles is 1. The summed E-state index contributed by atoms with van der Waals surface area (Å²) in [6.45, 7) is 4.04. The highest BCUT2D eigenvalue weighted by molar-refractivity contribution is 7.23. The normalized spacial score (nSPS) is 27.3. The predicted molar refractivity (Wildman–Crippen MR) is 181 cm³/mol. The van der Waals surface area contributed by atoms with Crippen molar-refractivity contribution in [2.24, 2.45) is 5.92 Å². The van der Waals surface area contributed by atoms with Crippen LogP contribution in [0, 0.1) is 28.9 Å². The lowest BCUT2D eigenvalue weighted by molar-refractivity contribution is 0.107. The van der Waals surface area contributed by atoms with Crippen molar-refractivity contribution in [1.29, 1.82) is 5.26 Å². The number of aromatic nitrogens is 2. The summed E-state index contributed by atoms with van der Waals surface area (Å²) in [4.78, 5) is 16.6. The van der Waals surface area contributed by atoms with Crippen LogP contribution in [0.15, 0.2) is 18.2 Å². The van der Waals surface area contributed by atoms with Gasteiger partial charge in [-0.3, -0.25) is 9.80 Å². The number of ether oxygens (including phenoxy) is 1. The van der Waals surface area contributed by atoms with Gasteiger partial charge in [0.05, 0.1) is 20.8 Å². The molecule has 8 nitrogen and oxygen atoms in total. The van der Waals surface area contributed by atoms with Gasteiger partial charge in [-0.15, -0.1) is 11.3 Å². The van der Waals surface area contributed by atoms with E-state index in [4.69, 9.17) is 27.1 Å². The Kier molecular flexibility index (Phi) is 7.24. The molecule has 4 atom stereocenters.